The van der Waals surface area contributed by atoms with E-state index >= 15 is 0 Å². The number of halogens is 1. The summed E-state index contributed by atoms with van der Waals surface area (Å²) in [6.45, 7) is 4.08. The molecule has 0 unspecified atom stereocenters. The van der Waals surface area contributed by atoms with Gasteiger partial charge in [-0.15, -0.1) is 11.3 Å². The van der Waals surface area contributed by atoms with Crippen molar-refractivity contribution in [3.05, 3.63) is 79.8 Å². The van der Waals surface area contributed by atoms with Crippen LogP contribution >= 0.6 is 22.9 Å². The third-order valence-electron chi connectivity index (χ3n) is 6.80. The first kappa shape index (κ1) is 21.9. The normalized spacial score (nSPS) is 19.8. The Balaban J connectivity index is 1.39. The summed E-state index contributed by atoms with van der Waals surface area (Å²) in [6, 6.07) is 10.8. The maximum absolute atomic E-state index is 13.4. The van der Waals surface area contributed by atoms with Gasteiger partial charge in [-0.25, -0.2) is 4.79 Å². The molecule has 1 fully saturated rings. The zero-order valence-electron chi connectivity index (χ0n) is 18.5. The van der Waals surface area contributed by atoms with E-state index < -0.39 is 11.6 Å². The van der Waals surface area contributed by atoms with E-state index in [-0.39, 0.29) is 18.2 Å². The first-order valence-electron chi connectivity index (χ1n) is 11.0. The Morgan fingerprint density at radius 2 is 2.00 bits per heavy atom. The van der Waals surface area contributed by atoms with Crippen LogP contribution < -0.4 is 5.32 Å². The van der Waals surface area contributed by atoms with Gasteiger partial charge in [0.05, 0.1) is 6.54 Å². The van der Waals surface area contributed by atoms with E-state index in [1.807, 2.05) is 60.2 Å². The SMILES string of the molecule is Cc1cc(C(=O)CN2C(=O)N[C@@]3(CCCc4sccc43)C2=O)c(C)n1Cc1ccccc1Cl. The molecule has 2 aliphatic rings. The van der Waals surface area contributed by atoms with Crippen molar-refractivity contribution in [3.8, 4) is 0 Å². The van der Waals surface area contributed by atoms with Gasteiger partial charge >= 0.3 is 6.03 Å². The van der Waals surface area contributed by atoms with E-state index in [4.69, 9.17) is 11.6 Å². The van der Waals surface area contributed by atoms with Crippen LogP contribution in [0.4, 0.5) is 4.79 Å². The van der Waals surface area contributed by atoms with Crippen LogP contribution in [-0.2, 0) is 23.3 Å². The van der Waals surface area contributed by atoms with Crippen LogP contribution in [0.2, 0.25) is 5.02 Å². The molecule has 6 nitrogen and oxygen atoms in total. The summed E-state index contributed by atoms with van der Waals surface area (Å²) in [5.41, 5.74) is 3.02. The number of fused-ring (bicyclic) bond motifs is 2. The van der Waals surface area contributed by atoms with Gasteiger partial charge in [0.1, 0.15) is 5.54 Å². The number of Topliss-reactive ketones (excluding diaryl/α,β-unsaturated/α-hetero) is 1. The van der Waals surface area contributed by atoms with E-state index in [1.165, 1.54) is 0 Å². The van der Waals surface area contributed by atoms with Gasteiger partial charge in [0.2, 0.25) is 0 Å². The maximum Gasteiger partial charge on any atom is 0.325 e. The Hall–Kier alpha value is -2.90. The Bertz CT molecular complexity index is 1290. The van der Waals surface area contributed by atoms with E-state index in [9.17, 15) is 14.4 Å². The number of ketones is 1. The highest BCUT2D eigenvalue weighted by atomic mass is 35.5. The Morgan fingerprint density at radius 1 is 1.21 bits per heavy atom. The van der Waals surface area contributed by atoms with Crippen molar-refractivity contribution in [2.24, 2.45) is 0 Å². The van der Waals surface area contributed by atoms with Crippen LogP contribution in [0, 0.1) is 13.8 Å². The minimum Gasteiger partial charge on any atom is -0.344 e. The van der Waals surface area contributed by atoms with Gasteiger partial charge in [-0.1, -0.05) is 29.8 Å². The number of aromatic nitrogens is 1. The molecule has 1 aliphatic heterocycles. The molecule has 1 saturated heterocycles. The van der Waals surface area contributed by atoms with Gasteiger partial charge in [0, 0.05) is 39.0 Å². The second-order valence-electron chi connectivity index (χ2n) is 8.72. The highest BCUT2D eigenvalue weighted by Gasteiger charge is 2.54. The minimum atomic E-state index is -1.04. The lowest BCUT2D eigenvalue weighted by Gasteiger charge is -2.31. The third-order valence-corrected chi connectivity index (χ3v) is 8.15. The van der Waals surface area contributed by atoms with E-state index in [0.717, 1.165) is 45.1 Å². The number of rotatable bonds is 5. The summed E-state index contributed by atoms with van der Waals surface area (Å²) in [4.78, 5) is 41.7. The second kappa shape index (κ2) is 8.15. The molecule has 0 bridgehead atoms. The molecular formula is C25H24ClN3O3S. The molecule has 1 atom stereocenters. The second-order valence-corrected chi connectivity index (χ2v) is 10.1. The van der Waals surface area contributed by atoms with Crippen molar-refractivity contribution in [2.75, 3.05) is 6.54 Å². The van der Waals surface area contributed by atoms with Crippen LogP contribution in [0.3, 0.4) is 0 Å². The molecule has 5 rings (SSSR count). The largest absolute Gasteiger partial charge is 0.344 e. The van der Waals surface area contributed by atoms with Crippen molar-refractivity contribution >= 4 is 40.7 Å². The van der Waals surface area contributed by atoms with Crippen LogP contribution in [0.5, 0.6) is 0 Å². The van der Waals surface area contributed by atoms with Crippen LogP contribution in [0.1, 0.15) is 50.6 Å². The van der Waals surface area contributed by atoms with Crippen LogP contribution in [0.15, 0.2) is 41.8 Å². The number of amides is 3. The lowest BCUT2D eigenvalue weighted by molar-refractivity contribution is -0.131. The van der Waals surface area contributed by atoms with E-state index in [1.54, 1.807) is 11.3 Å². The number of nitrogens with zero attached hydrogens (tertiary/aromatic N) is 2. The fraction of sp³-hybridized carbons (Fsp3) is 0.320. The average molecular weight is 482 g/mol. The minimum absolute atomic E-state index is 0.254. The van der Waals surface area contributed by atoms with Gasteiger partial charge in [-0.05, 0) is 62.3 Å². The molecule has 8 heteroatoms. The van der Waals surface area contributed by atoms with E-state index in [0.29, 0.717) is 23.6 Å². The van der Waals surface area contributed by atoms with Crippen LogP contribution in [-0.4, -0.2) is 33.7 Å². The Morgan fingerprint density at radius 3 is 2.79 bits per heavy atom. The zero-order valence-corrected chi connectivity index (χ0v) is 20.1. The molecule has 3 heterocycles. The molecular weight excluding hydrogens is 458 g/mol. The van der Waals surface area contributed by atoms with E-state index in [2.05, 4.69) is 5.32 Å². The number of aryl methyl sites for hydroxylation is 2. The van der Waals surface area contributed by atoms with Crippen molar-refractivity contribution < 1.29 is 14.4 Å². The van der Waals surface area contributed by atoms with Crippen molar-refractivity contribution in [2.45, 2.75) is 45.2 Å². The number of hydrogen-bond donors (Lipinski definition) is 1. The fourth-order valence-electron chi connectivity index (χ4n) is 5.04. The molecule has 33 heavy (non-hydrogen) atoms. The number of hydrogen-bond acceptors (Lipinski definition) is 4. The topological polar surface area (TPSA) is 71.4 Å². The predicted octanol–water partition coefficient (Wildman–Crippen LogP) is 4.83. The first-order valence-corrected chi connectivity index (χ1v) is 12.2. The molecule has 1 N–H and O–H groups in total. The molecule has 1 aliphatic carbocycles. The zero-order chi connectivity index (χ0) is 23.3. The standard InChI is InChI=1S/C25H24ClN3O3S/c1-15-12-18(16(2)28(15)13-17-6-3-4-7-20(17)26)21(30)14-29-23(31)25(27-24(29)32)10-5-8-22-19(25)9-11-33-22/h3-4,6-7,9,11-12H,5,8,10,13-14H2,1-2H3,(H,27,32)/t25-/m1/s1. The Labute approximate surface area is 201 Å². The smallest absolute Gasteiger partial charge is 0.325 e. The number of nitrogens with one attached hydrogen (secondary N) is 1. The molecule has 1 aromatic carbocycles. The molecule has 1 spiro atoms. The summed E-state index contributed by atoms with van der Waals surface area (Å²) in [5, 5.41) is 5.54. The highest BCUT2D eigenvalue weighted by molar-refractivity contribution is 7.10. The number of imide groups is 1. The number of urea groups is 1. The third kappa shape index (κ3) is 3.50. The predicted molar refractivity (Wildman–Crippen MR) is 128 cm³/mol. The van der Waals surface area contributed by atoms with Gasteiger partial charge < -0.3 is 9.88 Å². The maximum atomic E-state index is 13.4. The monoisotopic (exact) mass is 481 g/mol. The molecule has 3 amide bonds. The highest BCUT2D eigenvalue weighted by Crippen LogP contribution is 2.42. The molecule has 0 saturated carbocycles. The summed E-state index contributed by atoms with van der Waals surface area (Å²) in [6.07, 6.45) is 2.29. The summed E-state index contributed by atoms with van der Waals surface area (Å²) in [7, 11) is 0. The first-order chi connectivity index (χ1) is 15.8. The Kier molecular flexibility index (Phi) is 5.41. The molecule has 0 radical (unpaired) electrons. The van der Waals surface area contributed by atoms with Crippen LogP contribution in [0.25, 0.3) is 0 Å². The van der Waals surface area contributed by atoms with Gasteiger partial charge in [0.15, 0.2) is 5.78 Å². The molecule has 170 valence electrons. The van der Waals surface area contributed by atoms with Gasteiger partial charge in [-0.2, -0.15) is 0 Å². The fourth-order valence-corrected chi connectivity index (χ4v) is 6.23. The van der Waals surface area contributed by atoms with Crippen molar-refractivity contribution in [3.63, 3.8) is 0 Å². The lowest BCUT2D eigenvalue weighted by atomic mass is 9.80. The summed E-state index contributed by atoms with van der Waals surface area (Å²) in [5.74, 6) is -0.583. The number of thiophene rings is 1. The number of carbonyl (C=O) groups excluding carboxylic acids is 3. The molecule has 3 aromatic rings. The summed E-state index contributed by atoms with van der Waals surface area (Å²) >= 11 is 7.93. The van der Waals surface area contributed by atoms with Crippen molar-refractivity contribution in [1.82, 2.24) is 14.8 Å². The number of carbonyl (C=O) groups is 3. The quantitative estimate of drug-likeness (QED) is 0.419. The molecule has 2 aromatic heterocycles. The summed E-state index contributed by atoms with van der Waals surface area (Å²) < 4.78 is 2.03. The van der Waals surface area contributed by atoms with Crippen molar-refractivity contribution in [1.29, 1.82) is 0 Å². The van der Waals surface area contributed by atoms with Gasteiger partial charge in [-0.3, -0.25) is 14.5 Å². The number of benzene rings is 1. The average Bonchev–Trinajstić information content (AvgIpc) is 3.44. The lowest BCUT2D eigenvalue weighted by Crippen LogP contribution is -2.46. The van der Waals surface area contributed by atoms with Gasteiger partial charge in [0.25, 0.3) is 5.91 Å².